The van der Waals surface area contributed by atoms with Gasteiger partial charge in [0.1, 0.15) is 6.61 Å². The zero-order valence-corrected chi connectivity index (χ0v) is 50.4. The highest BCUT2D eigenvalue weighted by Gasteiger charge is 2.16. The molecule has 0 aliphatic carbocycles. The Labute approximate surface area is 464 Å². The Bertz CT molecular complexity index is 1130. The molecule has 0 aromatic rings. The number of allylic oxidation sites excluding steroid dienone is 4. The van der Waals surface area contributed by atoms with Gasteiger partial charge >= 0.3 is 11.9 Å². The Balaban J connectivity index is 3.38. The highest BCUT2D eigenvalue weighted by molar-refractivity contribution is 5.70. The summed E-state index contributed by atoms with van der Waals surface area (Å²) in [7, 11) is 0. The lowest BCUT2D eigenvalue weighted by atomic mass is 10.0. The monoisotopic (exact) mass is 1040 g/mol. The number of hydrogen-bond acceptors (Lipinski definition) is 5. The van der Waals surface area contributed by atoms with E-state index in [4.69, 9.17) is 9.47 Å². The van der Waals surface area contributed by atoms with Crippen molar-refractivity contribution in [2.45, 2.75) is 392 Å². The fourth-order valence-corrected chi connectivity index (χ4v) is 10.7. The van der Waals surface area contributed by atoms with Crippen LogP contribution in [0.3, 0.4) is 0 Å². The van der Waals surface area contributed by atoms with Crippen molar-refractivity contribution in [1.82, 2.24) is 0 Å². The summed E-state index contributed by atoms with van der Waals surface area (Å²) in [5.41, 5.74) is 0. The van der Waals surface area contributed by atoms with E-state index in [-0.39, 0.29) is 25.2 Å². The Morgan fingerprint density at radius 3 is 0.797 bits per heavy atom. The van der Waals surface area contributed by atoms with Crippen LogP contribution in [0, 0.1) is 0 Å². The van der Waals surface area contributed by atoms with E-state index in [0.29, 0.717) is 12.8 Å². The van der Waals surface area contributed by atoms with Gasteiger partial charge in [-0.3, -0.25) is 9.59 Å². The van der Waals surface area contributed by atoms with E-state index >= 15 is 0 Å². The molecule has 0 heterocycles. The maximum Gasteiger partial charge on any atom is 0.306 e. The Hall–Kier alpha value is -1.62. The second-order valence-electron chi connectivity index (χ2n) is 23.3. The summed E-state index contributed by atoms with van der Waals surface area (Å²) in [6, 6.07) is 0. The number of aliphatic hydroxyl groups excluding tert-OH is 1. The van der Waals surface area contributed by atoms with E-state index in [2.05, 4.69) is 38.2 Å². The maximum atomic E-state index is 12.3. The van der Waals surface area contributed by atoms with Crippen LogP contribution >= 0.6 is 0 Å². The van der Waals surface area contributed by atoms with E-state index < -0.39 is 6.10 Å². The minimum absolute atomic E-state index is 0.0588. The summed E-state index contributed by atoms with van der Waals surface area (Å²) in [6.45, 7) is 4.20. The number of esters is 2. The quantitative estimate of drug-likeness (QED) is 0.0373. The first-order valence-corrected chi connectivity index (χ1v) is 33.9. The van der Waals surface area contributed by atoms with Crippen molar-refractivity contribution in [1.29, 1.82) is 0 Å². The molecule has 0 aromatic heterocycles. The van der Waals surface area contributed by atoms with E-state index in [1.165, 1.54) is 321 Å². The second kappa shape index (κ2) is 65.7. The third-order valence-electron chi connectivity index (χ3n) is 15.7. The topological polar surface area (TPSA) is 72.8 Å². The normalized spacial score (nSPS) is 12.2. The second-order valence-corrected chi connectivity index (χ2v) is 23.3. The van der Waals surface area contributed by atoms with Crippen molar-refractivity contribution < 1.29 is 24.2 Å². The molecule has 1 N–H and O–H groups in total. The van der Waals surface area contributed by atoms with Crippen LogP contribution in [0.15, 0.2) is 24.3 Å². The lowest BCUT2D eigenvalue weighted by molar-refractivity contribution is -0.161. The average Bonchev–Trinajstić information content (AvgIpc) is 3.40. The summed E-state index contributed by atoms with van der Waals surface area (Å²) in [4.78, 5) is 24.6. The van der Waals surface area contributed by atoms with Crippen molar-refractivity contribution in [3.8, 4) is 0 Å². The van der Waals surface area contributed by atoms with Gasteiger partial charge in [-0.2, -0.15) is 0 Å². The molecule has 0 aromatic carbocycles. The number of hydrogen-bond donors (Lipinski definition) is 1. The molecule has 0 fully saturated rings. The molecular formula is C69H132O5. The van der Waals surface area contributed by atoms with Crippen molar-refractivity contribution in [3.05, 3.63) is 24.3 Å². The lowest BCUT2D eigenvalue weighted by Gasteiger charge is -2.15. The molecule has 0 rings (SSSR count). The molecule has 1 unspecified atom stereocenters. The van der Waals surface area contributed by atoms with Crippen LogP contribution in [-0.2, 0) is 19.1 Å². The minimum atomic E-state index is -0.769. The third kappa shape index (κ3) is 62.9. The standard InChI is InChI=1S/C69H132O5/c1-3-5-7-9-11-13-15-17-19-21-23-25-27-29-31-32-33-34-35-36-38-39-41-43-45-47-49-51-53-55-57-59-61-63-68(71)73-66-67(65-70)74-69(72)64-62-60-58-56-54-52-50-48-46-44-42-40-37-30-28-26-24-22-20-18-16-14-12-10-8-6-4-2/h16,18,22,24,67,70H,3-15,17,19-21,23,25-66H2,1-2H3/b18-16-,24-22-. The number of unbranched alkanes of at least 4 members (excludes halogenated alkanes) is 52. The highest BCUT2D eigenvalue weighted by Crippen LogP contribution is 2.19. The molecule has 5 heteroatoms. The maximum absolute atomic E-state index is 12.3. The zero-order valence-electron chi connectivity index (χ0n) is 50.4. The molecule has 0 aliphatic heterocycles. The van der Waals surface area contributed by atoms with E-state index in [9.17, 15) is 14.7 Å². The van der Waals surface area contributed by atoms with Crippen LogP contribution in [0.4, 0.5) is 0 Å². The summed E-state index contributed by atoms with van der Waals surface area (Å²) in [5, 5.41) is 9.69. The Morgan fingerprint density at radius 2 is 0.541 bits per heavy atom. The smallest absolute Gasteiger partial charge is 0.306 e. The highest BCUT2D eigenvalue weighted by atomic mass is 16.6. The van der Waals surface area contributed by atoms with Gasteiger partial charge in [0.05, 0.1) is 6.61 Å². The summed E-state index contributed by atoms with van der Waals surface area (Å²) < 4.78 is 10.8. The van der Waals surface area contributed by atoms with Gasteiger partial charge < -0.3 is 14.6 Å². The average molecular weight is 1040 g/mol. The van der Waals surface area contributed by atoms with Gasteiger partial charge in [0.15, 0.2) is 6.10 Å². The molecular weight excluding hydrogens is 909 g/mol. The first-order valence-electron chi connectivity index (χ1n) is 33.9. The predicted molar refractivity (Wildman–Crippen MR) is 325 cm³/mol. The first-order chi connectivity index (χ1) is 36.6. The van der Waals surface area contributed by atoms with Crippen LogP contribution in [0.2, 0.25) is 0 Å². The summed E-state index contributed by atoms with van der Waals surface area (Å²) >= 11 is 0. The molecule has 0 radical (unpaired) electrons. The van der Waals surface area contributed by atoms with Crippen LogP contribution < -0.4 is 0 Å². The van der Waals surface area contributed by atoms with Gasteiger partial charge in [0, 0.05) is 12.8 Å². The largest absolute Gasteiger partial charge is 0.462 e. The molecule has 438 valence electrons. The molecule has 74 heavy (non-hydrogen) atoms. The zero-order chi connectivity index (χ0) is 53.4. The molecule has 0 amide bonds. The number of ether oxygens (including phenoxy) is 2. The Morgan fingerprint density at radius 1 is 0.311 bits per heavy atom. The Kier molecular flexibility index (Phi) is 64.2. The SMILES string of the molecule is CCCCCCC/C=C\C/C=C\CCCCCCCCCCCCCCCCCC(=O)OC(CO)COC(=O)CCCCCCCCCCCCCCCCCCCCCCCCCCCCCCCCCCC. The van der Waals surface area contributed by atoms with Crippen LogP contribution in [0.1, 0.15) is 386 Å². The van der Waals surface area contributed by atoms with Gasteiger partial charge in [-0.25, -0.2) is 0 Å². The molecule has 1 atom stereocenters. The van der Waals surface area contributed by atoms with Crippen molar-refractivity contribution in [2.24, 2.45) is 0 Å². The molecule has 0 spiro atoms. The van der Waals surface area contributed by atoms with Crippen LogP contribution in [0.25, 0.3) is 0 Å². The molecule has 0 aliphatic rings. The minimum Gasteiger partial charge on any atom is -0.462 e. The van der Waals surface area contributed by atoms with E-state index in [1.54, 1.807) is 0 Å². The number of carbonyl (C=O) groups excluding carboxylic acids is 2. The molecule has 5 nitrogen and oxygen atoms in total. The number of aliphatic hydroxyl groups is 1. The van der Waals surface area contributed by atoms with Gasteiger partial charge in [-0.1, -0.05) is 353 Å². The fourth-order valence-electron chi connectivity index (χ4n) is 10.7. The summed E-state index contributed by atoms with van der Waals surface area (Å²) in [5.74, 6) is -0.566. The van der Waals surface area contributed by atoms with Gasteiger partial charge in [0.2, 0.25) is 0 Å². The summed E-state index contributed by atoms with van der Waals surface area (Å²) in [6.07, 6.45) is 85.0. The third-order valence-corrected chi connectivity index (χ3v) is 15.7. The predicted octanol–water partition coefficient (Wildman–Crippen LogP) is 23.2. The number of rotatable bonds is 64. The van der Waals surface area contributed by atoms with Crippen molar-refractivity contribution in [2.75, 3.05) is 13.2 Å². The van der Waals surface area contributed by atoms with Crippen LogP contribution in [-0.4, -0.2) is 36.4 Å². The van der Waals surface area contributed by atoms with E-state index in [1.807, 2.05) is 0 Å². The fraction of sp³-hybridized carbons (Fsp3) is 0.913. The van der Waals surface area contributed by atoms with Crippen molar-refractivity contribution in [3.63, 3.8) is 0 Å². The molecule has 0 saturated carbocycles. The first kappa shape index (κ1) is 72.4. The van der Waals surface area contributed by atoms with Gasteiger partial charge in [-0.15, -0.1) is 0 Å². The lowest BCUT2D eigenvalue weighted by Crippen LogP contribution is -2.28. The molecule has 0 saturated heterocycles. The van der Waals surface area contributed by atoms with Gasteiger partial charge in [-0.05, 0) is 44.9 Å². The van der Waals surface area contributed by atoms with E-state index in [0.717, 1.165) is 38.5 Å². The molecule has 0 bridgehead atoms. The van der Waals surface area contributed by atoms with Crippen molar-refractivity contribution >= 4 is 11.9 Å². The van der Waals surface area contributed by atoms with Crippen LogP contribution in [0.5, 0.6) is 0 Å². The van der Waals surface area contributed by atoms with Gasteiger partial charge in [0.25, 0.3) is 0 Å². The number of carbonyl (C=O) groups is 2.